The molecule has 0 aromatic carbocycles. The van der Waals surface area contributed by atoms with E-state index in [0.717, 1.165) is 29.3 Å². The summed E-state index contributed by atoms with van der Waals surface area (Å²) >= 11 is 1.52. The Balaban J connectivity index is 1.51. The fourth-order valence-electron chi connectivity index (χ4n) is 3.29. The van der Waals surface area contributed by atoms with Crippen molar-refractivity contribution >= 4 is 23.2 Å². The number of carbonyl (C=O) groups is 2. The summed E-state index contributed by atoms with van der Waals surface area (Å²) in [6.07, 6.45) is 5.78. The van der Waals surface area contributed by atoms with Gasteiger partial charge in [-0.1, -0.05) is 31.1 Å². The fraction of sp³-hybridized carbons (Fsp3) is 0.733. The van der Waals surface area contributed by atoms with Crippen LogP contribution in [0.5, 0.6) is 0 Å². The molecule has 1 saturated heterocycles. The van der Waals surface area contributed by atoms with Gasteiger partial charge in [-0.25, -0.2) is 0 Å². The van der Waals surface area contributed by atoms with Gasteiger partial charge in [0.1, 0.15) is 10.0 Å². The lowest BCUT2D eigenvalue weighted by Crippen LogP contribution is -2.36. The Hall–Kier alpha value is -1.50. The van der Waals surface area contributed by atoms with Gasteiger partial charge in [-0.15, -0.1) is 10.2 Å². The van der Waals surface area contributed by atoms with Crippen LogP contribution in [0.25, 0.3) is 0 Å². The van der Waals surface area contributed by atoms with Gasteiger partial charge >= 0.3 is 0 Å². The molecule has 120 valence electrons. The van der Waals surface area contributed by atoms with E-state index in [-0.39, 0.29) is 17.7 Å². The van der Waals surface area contributed by atoms with E-state index in [9.17, 15) is 9.59 Å². The van der Waals surface area contributed by atoms with Crippen molar-refractivity contribution in [2.75, 3.05) is 6.54 Å². The molecule has 2 heterocycles. The molecule has 3 rings (SSSR count). The first-order chi connectivity index (χ1) is 10.7. The summed E-state index contributed by atoms with van der Waals surface area (Å²) < 4.78 is 0. The lowest BCUT2D eigenvalue weighted by Gasteiger charge is -2.23. The van der Waals surface area contributed by atoms with Gasteiger partial charge in [0.05, 0.1) is 12.5 Å². The lowest BCUT2D eigenvalue weighted by atomic mass is 10.1. The Morgan fingerprint density at radius 2 is 2.05 bits per heavy atom. The number of hydrogen-bond donors (Lipinski definition) is 1. The molecule has 0 radical (unpaired) electrons. The number of amides is 2. The first-order valence-electron chi connectivity index (χ1n) is 8.05. The third-order valence-electron chi connectivity index (χ3n) is 4.52. The summed E-state index contributed by atoms with van der Waals surface area (Å²) in [5.41, 5.74) is 0. The molecule has 1 aromatic heterocycles. The highest BCUT2D eigenvalue weighted by molar-refractivity contribution is 7.11. The zero-order chi connectivity index (χ0) is 15.5. The summed E-state index contributed by atoms with van der Waals surface area (Å²) in [7, 11) is 0. The second kappa shape index (κ2) is 6.73. The second-order valence-corrected chi connectivity index (χ2v) is 7.19. The number of hydrogen-bond acceptors (Lipinski definition) is 5. The molecule has 0 bridgehead atoms. The van der Waals surface area contributed by atoms with E-state index in [1.54, 1.807) is 0 Å². The van der Waals surface area contributed by atoms with E-state index in [4.69, 9.17) is 0 Å². The Kier molecular flexibility index (Phi) is 4.71. The molecule has 1 aliphatic carbocycles. The molecule has 1 saturated carbocycles. The fourth-order valence-corrected chi connectivity index (χ4v) is 4.01. The predicted octanol–water partition coefficient (Wildman–Crippen LogP) is 1.51. The maximum absolute atomic E-state index is 12.3. The predicted molar refractivity (Wildman–Crippen MR) is 83.2 cm³/mol. The van der Waals surface area contributed by atoms with Gasteiger partial charge in [0.25, 0.3) is 0 Å². The maximum atomic E-state index is 12.3. The molecule has 22 heavy (non-hydrogen) atoms. The molecule has 6 nitrogen and oxygen atoms in total. The highest BCUT2D eigenvalue weighted by atomic mass is 32.1. The number of nitrogens with zero attached hydrogens (tertiary/aromatic N) is 3. The molecule has 2 aliphatic rings. The lowest BCUT2D eigenvalue weighted by molar-refractivity contribution is -0.130. The molecule has 0 unspecified atom stereocenters. The largest absolute Gasteiger partial charge is 0.349 e. The zero-order valence-corrected chi connectivity index (χ0v) is 13.7. The van der Waals surface area contributed by atoms with Gasteiger partial charge < -0.3 is 10.2 Å². The van der Waals surface area contributed by atoms with Crippen molar-refractivity contribution in [3.05, 3.63) is 10.0 Å². The van der Waals surface area contributed by atoms with Crippen LogP contribution in [0.1, 0.15) is 49.0 Å². The number of aryl methyl sites for hydroxylation is 1. The maximum Gasteiger partial charge on any atom is 0.225 e. The smallest absolute Gasteiger partial charge is 0.225 e. The number of nitrogens with one attached hydrogen (secondary N) is 1. The quantitative estimate of drug-likeness (QED) is 0.891. The van der Waals surface area contributed by atoms with E-state index in [1.807, 2.05) is 11.8 Å². The van der Waals surface area contributed by atoms with E-state index >= 15 is 0 Å². The van der Waals surface area contributed by atoms with E-state index in [2.05, 4.69) is 15.5 Å². The van der Waals surface area contributed by atoms with Gasteiger partial charge in [-0.05, 0) is 19.3 Å². The normalized spacial score (nSPS) is 22.5. The van der Waals surface area contributed by atoms with Crippen LogP contribution in [0, 0.1) is 5.92 Å². The number of aromatic nitrogens is 2. The van der Waals surface area contributed by atoms with Crippen molar-refractivity contribution in [2.45, 2.75) is 58.0 Å². The average Bonchev–Trinajstić information content (AvgIpc) is 3.24. The summed E-state index contributed by atoms with van der Waals surface area (Å²) in [5, 5.41) is 12.8. The summed E-state index contributed by atoms with van der Waals surface area (Å²) in [6, 6.07) is 0.362. The van der Waals surface area contributed by atoms with Crippen LogP contribution in [-0.4, -0.2) is 39.5 Å². The summed E-state index contributed by atoms with van der Waals surface area (Å²) in [4.78, 5) is 26.3. The first-order valence-corrected chi connectivity index (χ1v) is 8.87. The molecule has 2 amide bonds. The Morgan fingerprint density at radius 3 is 2.73 bits per heavy atom. The third-order valence-corrected chi connectivity index (χ3v) is 5.59. The highest BCUT2D eigenvalue weighted by Crippen LogP contribution is 2.29. The van der Waals surface area contributed by atoms with Crippen molar-refractivity contribution in [3.8, 4) is 0 Å². The van der Waals surface area contributed by atoms with Crippen molar-refractivity contribution in [1.82, 2.24) is 20.4 Å². The van der Waals surface area contributed by atoms with Gasteiger partial charge in [-0.3, -0.25) is 9.59 Å². The van der Waals surface area contributed by atoms with Crippen LogP contribution in [0.3, 0.4) is 0 Å². The molecule has 1 aliphatic heterocycles. The van der Waals surface area contributed by atoms with Crippen LogP contribution >= 0.6 is 11.3 Å². The van der Waals surface area contributed by atoms with Gasteiger partial charge in [0.2, 0.25) is 11.8 Å². The Morgan fingerprint density at radius 1 is 1.32 bits per heavy atom. The van der Waals surface area contributed by atoms with E-state index < -0.39 is 0 Å². The van der Waals surface area contributed by atoms with Gasteiger partial charge in [0.15, 0.2) is 0 Å². The van der Waals surface area contributed by atoms with Crippen LogP contribution < -0.4 is 5.32 Å². The van der Waals surface area contributed by atoms with E-state index in [1.165, 1.54) is 24.2 Å². The van der Waals surface area contributed by atoms with Crippen LogP contribution in [0.15, 0.2) is 0 Å². The molecule has 2 fully saturated rings. The van der Waals surface area contributed by atoms with Gasteiger partial charge in [-0.2, -0.15) is 0 Å². The van der Waals surface area contributed by atoms with Crippen LogP contribution in [0.2, 0.25) is 0 Å². The number of rotatable bonds is 5. The van der Waals surface area contributed by atoms with Crippen molar-refractivity contribution in [2.24, 2.45) is 5.92 Å². The number of likely N-dealkylation sites (tertiary alicyclic amines) is 1. The minimum Gasteiger partial charge on any atom is -0.349 e. The van der Waals surface area contributed by atoms with Crippen LogP contribution in [0.4, 0.5) is 0 Å². The SMILES string of the molecule is CCc1nnc(CNC(=O)[C@@H]2CC(=O)N(C3CCCC3)C2)s1. The highest BCUT2D eigenvalue weighted by Gasteiger charge is 2.38. The standard InChI is InChI=1S/C15H22N4O2S/c1-2-12-17-18-13(22-12)8-16-15(21)10-7-14(20)19(9-10)11-5-3-4-6-11/h10-11H,2-9H2,1H3,(H,16,21)/t10-/m1/s1. The van der Waals surface area contributed by atoms with Crippen molar-refractivity contribution < 1.29 is 9.59 Å². The average molecular weight is 322 g/mol. The third kappa shape index (κ3) is 3.29. The minimum atomic E-state index is -0.216. The summed E-state index contributed by atoms with van der Waals surface area (Å²) in [6.45, 7) is 3.01. The molecule has 1 aromatic rings. The molecule has 1 atom stereocenters. The minimum absolute atomic E-state index is 0.0397. The van der Waals surface area contributed by atoms with Crippen molar-refractivity contribution in [3.63, 3.8) is 0 Å². The topological polar surface area (TPSA) is 75.2 Å². The van der Waals surface area contributed by atoms with Crippen molar-refractivity contribution in [1.29, 1.82) is 0 Å². The Bertz CT molecular complexity index is 553. The molecular weight excluding hydrogens is 300 g/mol. The second-order valence-electron chi connectivity index (χ2n) is 6.05. The molecule has 1 N–H and O–H groups in total. The van der Waals surface area contributed by atoms with E-state index in [0.29, 0.717) is 25.6 Å². The molecule has 7 heteroatoms. The number of carbonyl (C=O) groups excluding carboxylic acids is 2. The first kappa shape index (κ1) is 15.4. The van der Waals surface area contributed by atoms with Crippen LogP contribution in [-0.2, 0) is 22.6 Å². The zero-order valence-electron chi connectivity index (χ0n) is 12.9. The molecular formula is C15H22N4O2S. The molecule has 0 spiro atoms. The summed E-state index contributed by atoms with van der Waals surface area (Å²) in [5.74, 6) is -0.120. The van der Waals surface area contributed by atoms with Gasteiger partial charge in [0, 0.05) is 19.0 Å². The Labute approximate surface area is 134 Å². The monoisotopic (exact) mass is 322 g/mol.